The first kappa shape index (κ1) is 20.1. The van der Waals surface area contributed by atoms with Gasteiger partial charge in [0.2, 0.25) is 0 Å². The Hall–Kier alpha value is -3.87. The van der Waals surface area contributed by atoms with Crippen molar-refractivity contribution in [2.45, 2.75) is 24.4 Å². The third-order valence-electron chi connectivity index (χ3n) is 6.37. The number of nitro benzene ring substituents is 1. The molecule has 3 aromatic rings. The summed E-state index contributed by atoms with van der Waals surface area (Å²) in [5.41, 5.74) is 3.11. The van der Waals surface area contributed by atoms with Crippen molar-refractivity contribution in [2.24, 2.45) is 0 Å². The Balaban J connectivity index is 1.67. The molecule has 2 aliphatic rings. The molecule has 0 fully saturated rings. The van der Waals surface area contributed by atoms with Crippen molar-refractivity contribution in [3.63, 3.8) is 0 Å². The van der Waals surface area contributed by atoms with Crippen LogP contribution in [0.2, 0.25) is 0 Å². The van der Waals surface area contributed by atoms with Gasteiger partial charge in [0.15, 0.2) is 17.3 Å². The summed E-state index contributed by atoms with van der Waals surface area (Å²) in [7, 11) is 3.14. The van der Waals surface area contributed by atoms with Gasteiger partial charge in [0.1, 0.15) is 11.9 Å². The van der Waals surface area contributed by atoms with Gasteiger partial charge < -0.3 is 14.2 Å². The minimum Gasteiger partial charge on any atom is -0.493 e. The van der Waals surface area contributed by atoms with E-state index in [1.54, 1.807) is 14.2 Å². The molecule has 0 radical (unpaired) electrons. The van der Waals surface area contributed by atoms with Crippen LogP contribution in [0.3, 0.4) is 0 Å². The number of rotatable bonds is 5. The lowest BCUT2D eigenvalue weighted by Crippen LogP contribution is -2.33. The van der Waals surface area contributed by atoms with Gasteiger partial charge in [-0.2, -0.15) is 0 Å². The molecule has 32 heavy (non-hydrogen) atoms. The zero-order chi connectivity index (χ0) is 22.4. The number of hydrogen-bond acceptors (Lipinski definition) is 6. The summed E-state index contributed by atoms with van der Waals surface area (Å²) in [4.78, 5) is 24.4. The number of ketones is 1. The molecule has 7 nitrogen and oxygen atoms in total. The van der Waals surface area contributed by atoms with Crippen LogP contribution in [0.25, 0.3) is 0 Å². The monoisotopic (exact) mass is 431 g/mol. The highest BCUT2D eigenvalue weighted by molar-refractivity contribution is 6.02. The van der Waals surface area contributed by atoms with Crippen molar-refractivity contribution in [1.82, 2.24) is 0 Å². The van der Waals surface area contributed by atoms with Crippen LogP contribution in [0.1, 0.15) is 51.4 Å². The second kappa shape index (κ2) is 7.67. The maximum Gasteiger partial charge on any atom is 0.269 e. The van der Waals surface area contributed by atoms with E-state index in [9.17, 15) is 14.9 Å². The normalized spacial score (nSPS) is 20.4. The number of nitro groups is 1. The maximum absolute atomic E-state index is 13.8. The third kappa shape index (κ3) is 3.09. The van der Waals surface area contributed by atoms with Crippen LogP contribution in [0.15, 0.2) is 60.7 Å². The number of hydrogen-bond donors (Lipinski definition) is 0. The van der Waals surface area contributed by atoms with Gasteiger partial charge >= 0.3 is 0 Å². The molecule has 0 N–H and O–H groups in total. The van der Waals surface area contributed by atoms with E-state index < -0.39 is 10.8 Å². The molecule has 1 heterocycles. The number of methoxy groups -OCH3 is 2. The SMILES string of the molecule is COc1cc2c(cc1OC)[C@@H](C(=O)c1ccc([N+](=O)[O-])cc1)[C@H]1C[C@@H]2Oc2ccccc21. The van der Waals surface area contributed by atoms with Crippen molar-refractivity contribution >= 4 is 11.5 Å². The summed E-state index contributed by atoms with van der Waals surface area (Å²) < 4.78 is 17.3. The van der Waals surface area contributed by atoms with E-state index >= 15 is 0 Å². The summed E-state index contributed by atoms with van der Waals surface area (Å²) in [6.45, 7) is 0. The van der Waals surface area contributed by atoms with Crippen molar-refractivity contribution in [3.05, 3.63) is 93.0 Å². The summed E-state index contributed by atoms with van der Waals surface area (Å²) in [6, 6.07) is 17.3. The van der Waals surface area contributed by atoms with Crippen molar-refractivity contribution < 1.29 is 23.9 Å². The van der Waals surface area contributed by atoms with E-state index in [-0.39, 0.29) is 23.5 Å². The summed E-state index contributed by atoms with van der Waals surface area (Å²) in [6.07, 6.45) is 0.453. The highest BCUT2D eigenvalue weighted by Crippen LogP contribution is 2.56. The fraction of sp³-hybridized carbons (Fsp3) is 0.240. The van der Waals surface area contributed by atoms with Gasteiger partial charge in [0.25, 0.3) is 5.69 Å². The molecule has 0 amide bonds. The largest absolute Gasteiger partial charge is 0.493 e. The zero-order valence-corrected chi connectivity index (χ0v) is 17.6. The number of carbonyl (C=O) groups is 1. The lowest BCUT2D eigenvalue weighted by atomic mass is 9.67. The topological polar surface area (TPSA) is 87.9 Å². The molecule has 1 aliphatic carbocycles. The van der Waals surface area contributed by atoms with Crippen LogP contribution in [0, 0.1) is 10.1 Å². The Labute approximate surface area is 184 Å². The van der Waals surface area contributed by atoms with Gasteiger partial charge in [-0.05, 0) is 47.9 Å². The Bertz CT molecular complexity index is 1220. The Morgan fingerprint density at radius 3 is 2.28 bits per heavy atom. The van der Waals surface area contributed by atoms with E-state index in [0.29, 0.717) is 23.5 Å². The quantitative estimate of drug-likeness (QED) is 0.313. The molecule has 7 heteroatoms. The summed E-state index contributed by atoms with van der Waals surface area (Å²) >= 11 is 0. The van der Waals surface area contributed by atoms with Crippen LogP contribution < -0.4 is 14.2 Å². The van der Waals surface area contributed by atoms with E-state index in [4.69, 9.17) is 14.2 Å². The van der Waals surface area contributed by atoms with Crippen LogP contribution in [0.5, 0.6) is 17.2 Å². The smallest absolute Gasteiger partial charge is 0.269 e. The maximum atomic E-state index is 13.8. The average Bonchev–Trinajstić information content (AvgIpc) is 2.83. The molecule has 162 valence electrons. The molecule has 0 aromatic heterocycles. The molecule has 1 aliphatic heterocycles. The number of para-hydroxylation sites is 1. The van der Waals surface area contributed by atoms with E-state index in [2.05, 4.69) is 0 Å². The second-order valence-electron chi connectivity index (χ2n) is 7.97. The summed E-state index contributed by atoms with van der Waals surface area (Å²) in [5, 5.41) is 11.0. The van der Waals surface area contributed by atoms with E-state index in [0.717, 1.165) is 22.4 Å². The Morgan fingerprint density at radius 2 is 1.62 bits per heavy atom. The minimum absolute atomic E-state index is 0.0477. The van der Waals surface area contributed by atoms with Gasteiger partial charge in [-0.3, -0.25) is 14.9 Å². The Kier molecular flexibility index (Phi) is 4.81. The third-order valence-corrected chi connectivity index (χ3v) is 6.37. The van der Waals surface area contributed by atoms with Crippen molar-refractivity contribution in [1.29, 1.82) is 0 Å². The first-order valence-corrected chi connectivity index (χ1v) is 10.3. The lowest BCUT2D eigenvalue weighted by molar-refractivity contribution is -0.384. The van der Waals surface area contributed by atoms with Crippen LogP contribution in [-0.2, 0) is 0 Å². The van der Waals surface area contributed by atoms with Crippen molar-refractivity contribution in [3.8, 4) is 17.2 Å². The number of Topliss-reactive ketones (excluding diaryl/α,β-unsaturated/α-hetero) is 1. The average molecular weight is 431 g/mol. The molecule has 0 saturated carbocycles. The Morgan fingerprint density at radius 1 is 0.969 bits per heavy atom. The number of nitrogens with zero attached hydrogens (tertiary/aromatic N) is 1. The minimum atomic E-state index is -0.479. The molecule has 5 rings (SSSR count). The van der Waals surface area contributed by atoms with E-state index in [1.807, 2.05) is 36.4 Å². The molecular weight excluding hydrogens is 410 g/mol. The molecule has 0 spiro atoms. The molecule has 2 bridgehead atoms. The van der Waals surface area contributed by atoms with Crippen molar-refractivity contribution in [2.75, 3.05) is 14.2 Å². The highest BCUT2D eigenvalue weighted by atomic mass is 16.6. The van der Waals surface area contributed by atoms with Gasteiger partial charge in [-0.1, -0.05) is 18.2 Å². The predicted molar refractivity (Wildman–Crippen MR) is 117 cm³/mol. The predicted octanol–water partition coefficient (Wildman–Crippen LogP) is 5.20. The standard InChI is InChI=1S/C25H21NO6/c1-30-22-11-17-19(13-23(22)31-2)24(25(27)14-7-9-15(10-8-14)26(28)29)18-12-21(17)32-20-6-4-3-5-16(18)20/h3-11,13,18,21,24H,12H2,1-2H3/t18-,21-,24-/m0/s1. The number of ether oxygens (including phenoxy) is 3. The molecule has 3 atom stereocenters. The van der Waals surface area contributed by atoms with Crippen LogP contribution >= 0.6 is 0 Å². The zero-order valence-electron chi connectivity index (χ0n) is 17.6. The van der Waals surface area contributed by atoms with E-state index in [1.165, 1.54) is 24.3 Å². The molecule has 0 saturated heterocycles. The molecule has 3 aromatic carbocycles. The first-order valence-electron chi connectivity index (χ1n) is 10.3. The number of benzene rings is 3. The van der Waals surface area contributed by atoms with Gasteiger partial charge in [0, 0.05) is 29.2 Å². The fourth-order valence-electron chi connectivity index (χ4n) is 4.89. The lowest BCUT2D eigenvalue weighted by Gasteiger charge is -2.42. The molecular formula is C25H21NO6. The first-order chi connectivity index (χ1) is 15.5. The number of fused-ring (bicyclic) bond motifs is 6. The number of non-ortho nitro benzene ring substituents is 1. The van der Waals surface area contributed by atoms with Gasteiger partial charge in [0.05, 0.1) is 25.1 Å². The van der Waals surface area contributed by atoms with Gasteiger partial charge in [-0.25, -0.2) is 0 Å². The van der Waals surface area contributed by atoms with Crippen LogP contribution in [-0.4, -0.2) is 24.9 Å². The van der Waals surface area contributed by atoms with Crippen LogP contribution in [0.4, 0.5) is 5.69 Å². The molecule has 0 unspecified atom stereocenters. The van der Waals surface area contributed by atoms with Gasteiger partial charge in [-0.15, -0.1) is 0 Å². The number of carbonyl (C=O) groups excluding carboxylic acids is 1. The second-order valence-corrected chi connectivity index (χ2v) is 7.97. The highest BCUT2D eigenvalue weighted by Gasteiger charge is 2.45. The summed E-state index contributed by atoms with van der Waals surface area (Å²) in [5.74, 6) is 1.24. The fourth-order valence-corrected chi connectivity index (χ4v) is 4.89.